The normalized spacial score (nSPS) is 22.5. The van der Waals surface area contributed by atoms with E-state index in [4.69, 9.17) is 9.84 Å². The number of amides is 3. The standard InChI is InChI=1S/C45H50F2N10O6/c1-43(2,62)31-17-32-29(16-33(31)50-40(59)28-15-27(18-48)19-49-20-28)22-56(52-32)30-7-5-26(6-8-30)21-54-14-13-44(45(46,47)25-54)23-55(24-44)39-36(63-4)11-9-34-38(39)53(3)42(61)57(34)35-10-12-37(58)51-41(35)60/h9,11,15-17,19-20,22,26,30,35,62H,5-8,10,12-14,21,23-25H2,1-4H3,(H,50,59)(H,51,58,60)/t26?,30?,35-/m1/s1. The number of ether oxygens (including phenoxy) is 1. The van der Waals surface area contributed by atoms with Gasteiger partial charge < -0.3 is 20.1 Å². The van der Waals surface area contributed by atoms with Gasteiger partial charge in [-0.25, -0.2) is 13.6 Å². The van der Waals surface area contributed by atoms with Gasteiger partial charge in [-0.15, -0.1) is 0 Å². The number of likely N-dealkylation sites (tertiary alicyclic amines) is 1. The molecule has 5 aromatic rings. The molecule has 4 aliphatic rings. The van der Waals surface area contributed by atoms with Crippen LogP contribution < -0.4 is 26.0 Å². The maximum Gasteiger partial charge on any atom is 0.329 e. The van der Waals surface area contributed by atoms with Crippen molar-refractivity contribution in [3.8, 4) is 11.8 Å². The molecule has 6 heterocycles. The number of anilines is 2. The van der Waals surface area contributed by atoms with E-state index in [1.54, 1.807) is 45.2 Å². The number of nitrogens with one attached hydrogen (secondary N) is 2. The smallest absolute Gasteiger partial charge is 0.329 e. The zero-order valence-electron chi connectivity index (χ0n) is 35.7. The summed E-state index contributed by atoms with van der Waals surface area (Å²) in [7, 11) is 3.09. The summed E-state index contributed by atoms with van der Waals surface area (Å²) in [5.74, 6) is -3.66. The molecule has 1 saturated carbocycles. The number of imide groups is 1. The third-order valence-electron chi connectivity index (χ3n) is 13.7. The SMILES string of the molecule is COc1ccc2c(c1N1CC3(CCN(CC4CCC(n5cc6cc(NC(=O)c7cncc(C#N)c7)c(C(C)(C)O)cc6n5)CC4)CC3(F)F)C1)n(C)c(=O)n2[C@@H]1CCC(=O)NC1=O. The number of aryl methyl sites for hydroxylation is 1. The van der Waals surface area contributed by atoms with Gasteiger partial charge in [-0.3, -0.25) is 43.4 Å². The molecule has 2 aromatic carbocycles. The predicted octanol–water partition coefficient (Wildman–Crippen LogP) is 5.00. The van der Waals surface area contributed by atoms with E-state index in [9.17, 15) is 29.5 Å². The Kier molecular flexibility index (Phi) is 10.4. The van der Waals surface area contributed by atoms with Crippen molar-refractivity contribution in [3.63, 3.8) is 0 Å². The number of alkyl halides is 2. The number of methoxy groups -OCH3 is 1. The van der Waals surface area contributed by atoms with E-state index in [-0.39, 0.29) is 61.5 Å². The molecule has 1 atom stereocenters. The van der Waals surface area contributed by atoms with Crippen LogP contribution in [0.2, 0.25) is 0 Å². The molecule has 1 aliphatic carbocycles. The van der Waals surface area contributed by atoms with Crippen LogP contribution in [0.1, 0.15) is 92.4 Å². The van der Waals surface area contributed by atoms with Crippen molar-refractivity contribution < 1.29 is 33.0 Å². The molecule has 9 rings (SSSR count). The third-order valence-corrected chi connectivity index (χ3v) is 13.7. The lowest BCUT2D eigenvalue weighted by molar-refractivity contribution is -0.181. The summed E-state index contributed by atoms with van der Waals surface area (Å²) >= 11 is 0. The Morgan fingerprint density at radius 1 is 1.08 bits per heavy atom. The van der Waals surface area contributed by atoms with Gasteiger partial charge >= 0.3 is 5.69 Å². The van der Waals surface area contributed by atoms with E-state index in [2.05, 4.69) is 15.6 Å². The number of carbonyl (C=O) groups excluding carboxylic acids is 3. The number of rotatable bonds is 9. The minimum absolute atomic E-state index is 0.0866. The number of nitrogens with zero attached hydrogens (tertiary/aromatic N) is 8. The Bertz CT molecular complexity index is 2770. The number of nitriles is 1. The molecule has 0 radical (unpaired) electrons. The van der Waals surface area contributed by atoms with Gasteiger partial charge in [0.05, 0.1) is 58.4 Å². The number of pyridine rings is 1. The summed E-state index contributed by atoms with van der Waals surface area (Å²) in [5.41, 5.74) is 0.572. The summed E-state index contributed by atoms with van der Waals surface area (Å²) in [6, 6.07) is 9.63. The average molecular weight is 865 g/mol. The maximum atomic E-state index is 16.4. The number of aliphatic hydroxyl groups is 1. The lowest BCUT2D eigenvalue weighted by atomic mass is 9.68. The number of carbonyl (C=O) groups is 3. The van der Waals surface area contributed by atoms with E-state index < -0.39 is 40.5 Å². The first kappa shape index (κ1) is 42.1. The number of halogens is 2. The van der Waals surface area contributed by atoms with Crippen LogP contribution >= 0.6 is 0 Å². The van der Waals surface area contributed by atoms with Gasteiger partial charge in [-0.05, 0) is 95.2 Å². The number of benzene rings is 2. The minimum Gasteiger partial charge on any atom is -0.494 e. The molecule has 4 fully saturated rings. The molecule has 330 valence electrons. The summed E-state index contributed by atoms with van der Waals surface area (Å²) in [6.45, 7) is 4.23. The number of fused-ring (bicyclic) bond motifs is 2. The molecule has 18 heteroatoms. The van der Waals surface area contributed by atoms with Crippen molar-refractivity contribution in [2.75, 3.05) is 50.1 Å². The van der Waals surface area contributed by atoms with Crippen molar-refractivity contribution in [1.82, 2.24) is 34.1 Å². The highest BCUT2D eigenvalue weighted by molar-refractivity contribution is 6.06. The third kappa shape index (κ3) is 7.40. The molecule has 63 heavy (non-hydrogen) atoms. The topological polar surface area (TPSA) is 193 Å². The Labute approximate surface area is 361 Å². The lowest BCUT2D eigenvalue weighted by Gasteiger charge is -2.58. The van der Waals surface area contributed by atoms with Gasteiger partial charge in [0.15, 0.2) is 0 Å². The van der Waals surface area contributed by atoms with Crippen LogP contribution in [0.15, 0.2) is 53.7 Å². The van der Waals surface area contributed by atoms with Crippen molar-refractivity contribution >= 4 is 51.0 Å². The molecule has 0 unspecified atom stereocenters. The molecule has 3 amide bonds. The van der Waals surface area contributed by atoms with Crippen molar-refractivity contribution in [1.29, 1.82) is 5.26 Å². The first-order valence-corrected chi connectivity index (χ1v) is 21.4. The molecule has 0 bridgehead atoms. The Hall–Kier alpha value is -6.19. The van der Waals surface area contributed by atoms with Gasteiger partial charge in [0, 0.05) is 68.3 Å². The highest BCUT2D eigenvalue weighted by Gasteiger charge is 2.63. The molecule has 3 aromatic heterocycles. The molecule has 3 saturated heterocycles. The largest absolute Gasteiger partial charge is 0.494 e. The summed E-state index contributed by atoms with van der Waals surface area (Å²) < 4.78 is 43.2. The quantitative estimate of drug-likeness (QED) is 0.169. The van der Waals surface area contributed by atoms with E-state index in [1.807, 2.05) is 26.7 Å². The van der Waals surface area contributed by atoms with Crippen LogP contribution in [0, 0.1) is 22.7 Å². The number of piperidine rings is 2. The van der Waals surface area contributed by atoms with Gasteiger partial charge in [-0.1, -0.05) is 0 Å². The number of imidazole rings is 1. The molecule has 3 aliphatic heterocycles. The molecule has 16 nitrogen and oxygen atoms in total. The summed E-state index contributed by atoms with van der Waals surface area (Å²) in [5, 5.41) is 31.2. The average Bonchev–Trinajstić information content (AvgIpc) is 3.76. The second-order valence-corrected chi connectivity index (χ2v) is 18.3. The first-order valence-electron chi connectivity index (χ1n) is 21.4. The van der Waals surface area contributed by atoms with Crippen LogP contribution in [0.3, 0.4) is 0 Å². The Morgan fingerprint density at radius 2 is 1.84 bits per heavy atom. The van der Waals surface area contributed by atoms with Crippen LogP contribution in [0.25, 0.3) is 21.9 Å². The van der Waals surface area contributed by atoms with Crippen molar-refractivity contribution in [2.24, 2.45) is 18.4 Å². The summed E-state index contributed by atoms with van der Waals surface area (Å²) in [6.07, 6.45) is 8.67. The fourth-order valence-electron chi connectivity index (χ4n) is 10.3. The van der Waals surface area contributed by atoms with E-state index >= 15 is 8.78 Å². The highest BCUT2D eigenvalue weighted by Crippen LogP contribution is 2.54. The van der Waals surface area contributed by atoms with Gasteiger partial charge in [0.25, 0.3) is 11.8 Å². The summed E-state index contributed by atoms with van der Waals surface area (Å²) in [4.78, 5) is 59.2. The van der Waals surface area contributed by atoms with Crippen LogP contribution in [-0.2, 0) is 22.2 Å². The zero-order valence-corrected chi connectivity index (χ0v) is 35.7. The maximum absolute atomic E-state index is 16.4. The Morgan fingerprint density at radius 3 is 2.52 bits per heavy atom. The van der Waals surface area contributed by atoms with Gasteiger partial charge in [0.1, 0.15) is 23.5 Å². The first-order chi connectivity index (χ1) is 30.0. The molecule has 1 spiro atoms. The fourth-order valence-corrected chi connectivity index (χ4v) is 10.3. The van der Waals surface area contributed by atoms with Crippen molar-refractivity contribution in [3.05, 3.63) is 76.1 Å². The second-order valence-electron chi connectivity index (χ2n) is 18.3. The molecular weight excluding hydrogens is 815 g/mol. The van der Waals surface area contributed by atoms with E-state index in [1.165, 1.54) is 34.7 Å². The molecular formula is C45H50F2N10O6. The zero-order chi connectivity index (χ0) is 44.6. The minimum atomic E-state index is -2.96. The number of hydrogen-bond donors (Lipinski definition) is 3. The lowest BCUT2D eigenvalue weighted by Crippen LogP contribution is -2.70. The van der Waals surface area contributed by atoms with Gasteiger partial charge in [0.2, 0.25) is 11.8 Å². The van der Waals surface area contributed by atoms with E-state index in [0.717, 1.165) is 31.1 Å². The highest BCUT2D eigenvalue weighted by atomic mass is 19.3. The predicted molar refractivity (Wildman–Crippen MR) is 229 cm³/mol. The number of hydrogen-bond acceptors (Lipinski definition) is 11. The van der Waals surface area contributed by atoms with Crippen LogP contribution in [0.4, 0.5) is 20.2 Å². The Balaban J connectivity index is 0.844. The second kappa shape index (κ2) is 15.6. The van der Waals surface area contributed by atoms with Crippen molar-refractivity contribution in [2.45, 2.75) is 82.4 Å². The van der Waals surface area contributed by atoms with Crippen LogP contribution in [-0.4, -0.2) is 97.4 Å². The molecule has 3 N–H and O–H groups in total. The van der Waals surface area contributed by atoms with Crippen LogP contribution in [0.5, 0.6) is 5.75 Å². The monoisotopic (exact) mass is 864 g/mol. The fraction of sp³-hybridized carbons (Fsp3) is 0.489. The number of aromatic nitrogens is 5. The van der Waals surface area contributed by atoms with Gasteiger partial charge in [-0.2, -0.15) is 10.4 Å². The van der Waals surface area contributed by atoms with E-state index in [0.29, 0.717) is 58.7 Å².